The first-order chi connectivity index (χ1) is 16.0. The molecule has 0 saturated heterocycles. The number of para-hydroxylation sites is 1. The molecule has 0 fully saturated rings. The molecule has 0 spiro atoms. The summed E-state index contributed by atoms with van der Waals surface area (Å²) in [7, 11) is 1.92. The van der Waals surface area contributed by atoms with Crippen LogP contribution in [0.25, 0.3) is 10.9 Å². The number of aliphatic hydroxyl groups excluding tert-OH is 1. The summed E-state index contributed by atoms with van der Waals surface area (Å²) in [4.78, 5) is 16.4. The van der Waals surface area contributed by atoms with Crippen LogP contribution < -0.4 is 15.4 Å². The number of ether oxygens (including phenoxy) is 1. The normalized spacial score (nSPS) is 11.8. The Morgan fingerprint density at radius 2 is 2.03 bits per heavy atom. The SMILES string of the molecule is CNCCCC#Cc1ccc(OC(C)C)c(C(=O)NC(CO)Cc2c[nH]c3ccccc23)c1. The summed E-state index contributed by atoms with van der Waals surface area (Å²) in [5, 5.41) is 17.1. The number of carbonyl (C=O) groups is 1. The van der Waals surface area contributed by atoms with Gasteiger partial charge in [-0.05, 0) is 70.1 Å². The van der Waals surface area contributed by atoms with E-state index in [-0.39, 0.29) is 18.6 Å². The number of fused-ring (bicyclic) bond motifs is 1. The molecule has 1 aromatic heterocycles. The molecule has 1 amide bonds. The summed E-state index contributed by atoms with van der Waals surface area (Å²) in [5.41, 5.74) is 3.26. The van der Waals surface area contributed by atoms with E-state index in [1.165, 1.54) is 0 Å². The monoisotopic (exact) mass is 447 g/mol. The number of aromatic nitrogens is 1. The van der Waals surface area contributed by atoms with Crippen LogP contribution in [0, 0.1) is 11.8 Å². The molecular weight excluding hydrogens is 414 g/mol. The number of H-pyrrole nitrogens is 1. The van der Waals surface area contributed by atoms with Gasteiger partial charge in [0.2, 0.25) is 0 Å². The Morgan fingerprint density at radius 3 is 2.79 bits per heavy atom. The van der Waals surface area contributed by atoms with Gasteiger partial charge in [-0.15, -0.1) is 0 Å². The number of hydrogen-bond acceptors (Lipinski definition) is 4. The van der Waals surface area contributed by atoms with Gasteiger partial charge < -0.3 is 25.5 Å². The molecule has 3 rings (SSSR count). The number of aliphatic hydroxyl groups is 1. The number of nitrogens with one attached hydrogen (secondary N) is 3. The Morgan fingerprint density at radius 1 is 1.21 bits per heavy atom. The lowest BCUT2D eigenvalue weighted by atomic mass is 10.0. The summed E-state index contributed by atoms with van der Waals surface area (Å²) in [6, 6.07) is 13.0. The molecule has 0 aliphatic heterocycles. The van der Waals surface area contributed by atoms with Crippen molar-refractivity contribution in [2.24, 2.45) is 0 Å². The standard InChI is InChI=1S/C27H33N3O3/c1-19(2)33-26-13-12-20(9-5-4-8-14-28-3)15-24(26)27(32)30-22(18-31)16-21-17-29-25-11-7-6-10-23(21)25/h6-7,10-13,15,17,19,22,28-29,31H,4,8,14,16,18H2,1-3H3,(H,30,32). The van der Waals surface area contributed by atoms with Crippen molar-refractivity contribution in [2.75, 3.05) is 20.2 Å². The lowest BCUT2D eigenvalue weighted by Crippen LogP contribution is -2.39. The van der Waals surface area contributed by atoms with Crippen molar-refractivity contribution >= 4 is 16.8 Å². The third-order valence-electron chi connectivity index (χ3n) is 5.24. The van der Waals surface area contributed by atoms with Gasteiger partial charge in [-0.25, -0.2) is 0 Å². The highest BCUT2D eigenvalue weighted by molar-refractivity contribution is 5.97. The number of unbranched alkanes of at least 4 members (excludes halogenated alkanes) is 1. The van der Waals surface area contributed by atoms with Crippen LogP contribution in [0.2, 0.25) is 0 Å². The van der Waals surface area contributed by atoms with E-state index >= 15 is 0 Å². The van der Waals surface area contributed by atoms with Crippen LogP contribution in [0.3, 0.4) is 0 Å². The molecule has 0 aliphatic rings. The smallest absolute Gasteiger partial charge is 0.255 e. The van der Waals surface area contributed by atoms with E-state index in [4.69, 9.17) is 4.74 Å². The largest absolute Gasteiger partial charge is 0.490 e. The molecule has 4 N–H and O–H groups in total. The molecule has 6 nitrogen and oxygen atoms in total. The van der Waals surface area contributed by atoms with Crippen LogP contribution in [0.5, 0.6) is 5.75 Å². The zero-order valence-corrected chi connectivity index (χ0v) is 19.6. The highest BCUT2D eigenvalue weighted by Gasteiger charge is 2.19. The van der Waals surface area contributed by atoms with E-state index in [1.54, 1.807) is 12.1 Å². The second-order valence-corrected chi connectivity index (χ2v) is 8.30. The maximum atomic E-state index is 13.2. The number of carbonyl (C=O) groups excluding carboxylic acids is 1. The molecule has 0 radical (unpaired) electrons. The van der Waals surface area contributed by atoms with Crippen molar-refractivity contribution < 1.29 is 14.6 Å². The molecule has 3 aromatic rings. The lowest BCUT2D eigenvalue weighted by molar-refractivity contribution is 0.0910. The van der Waals surface area contributed by atoms with Gasteiger partial charge in [0.25, 0.3) is 5.91 Å². The predicted molar refractivity (Wildman–Crippen MR) is 133 cm³/mol. The molecule has 0 aliphatic carbocycles. The van der Waals surface area contributed by atoms with Crippen LogP contribution in [0.4, 0.5) is 0 Å². The van der Waals surface area contributed by atoms with Gasteiger partial charge in [0.05, 0.1) is 24.3 Å². The maximum Gasteiger partial charge on any atom is 0.255 e. The third kappa shape index (κ3) is 6.85. The van der Waals surface area contributed by atoms with Crippen molar-refractivity contribution in [1.29, 1.82) is 0 Å². The summed E-state index contributed by atoms with van der Waals surface area (Å²) < 4.78 is 5.87. The van der Waals surface area contributed by atoms with Crippen LogP contribution in [-0.2, 0) is 6.42 Å². The molecule has 1 unspecified atom stereocenters. The highest BCUT2D eigenvalue weighted by Crippen LogP contribution is 2.23. The molecule has 0 saturated carbocycles. The first kappa shape index (κ1) is 24.4. The highest BCUT2D eigenvalue weighted by atomic mass is 16.5. The van der Waals surface area contributed by atoms with E-state index in [9.17, 15) is 9.90 Å². The average molecular weight is 448 g/mol. The Kier molecular flexibility index (Phi) is 8.94. The molecular formula is C27H33N3O3. The molecule has 0 bridgehead atoms. The number of amides is 1. The molecule has 1 heterocycles. The fourth-order valence-electron chi connectivity index (χ4n) is 3.65. The van der Waals surface area contributed by atoms with Crippen LogP contribution in [0.1, 0.15) is 48.2 Å². The second kappa shape index (κ2) is 12.1. The fraction of sp³-hybridized carbons (Fsp3) is 0.370. The number of benzene rings is 2. The molecule has 1 atom stereocenters. The molecule has 2 aromatic carbocycles. The quantitative estimate of drug-likeness (QED) is 0.282. The fourth-order valence-corrected chi connectivity index (χ4v) is 3.65. The van der Waals surface area contributed by atoms with Crippen LogP contribution in [-0.4, -0.2) is 48.3 Å². The Balaban J connectivity index is 1.78. The molecule has 33 heavy (non-hydrogen) atoms. The van der Waals surface area contributed by atoms with Gasteiger partial charge in [-0.3, -0.25) is 4.79 Å². The summed E-state index contributed by atoms with van der Waals surface area (Å²) in [6.45, 7) is 4.59. The minimum atomic E-state index is -0.431. The van der Waals surface area contributed by atoms with Gasteiger partial charge in [-0.2, -0.15) is 0 Å². The van der Waals surface area contributed by atoms with Gasteiger partial charge in [0.1, 0.15) is 5.75 Å². The van der Waals surface area contributed by atoms with Crippen molar-refractivity contribution in [1.82, 2.24) is 15.6 Å². The number of hydrogen-bond donors (Lipinski definition) is 4. The van der Waals surface area contributed by atoms with Crippen LogP contribution >= 0.6 is 0 Å². The van der Waals surface area contributed by atoms with E-state index in [0.29, 0.717) is 17.7 Å². The van der Waals surface area contributed by atoms with E-state index in [0.717, 1.165) is 41.4 Å². The summed E-state index contributed by atoms with van der Waals surface area (Å²) >= 11 is 0. The van der Waals surface area contributed by atoms with Crippen molar-refractivity contribution in [2.45, 2.75) is 45.3 Å². The Hall–Kier alpha value is -3.27. The Labute approximate surface area is 195 Å². The molecule has 6 heteroatoms. The zero-order valence-electron chi connectivity index (χ0n) is 19.6. The minimum Gasteiger partial charge on any atom is -0.490 e. The van der Waals surface area contributed by atoms with E-state index in [1.807, 2.05) is 57.4 Å². The van der Waals surface area contributed by atoms with Gasteiger partial charge >= 0.3 is 0 Å². The third-order valence-corrected chi connectivity index (χ3v) is 5.24. The number of rotatable bonds is 10. The first-order valence-corrected chi connectivity index (χ1v) is 11.4. The van der Waals surface area contributed by atoms with Gasteiger partial charge in [-0.1, -0.05) is 30.0 Å². The van der Waals surface area contributed by atoms with E-state index in [2.05, 4.69) is 27.5 Å². The summed E-state index contributed by atoms with van der Waals surface area (Å²) in [5.74, 6) is 6.51. The average Bonchev–Trinajstić information content (AvgIpc) is 3.21. The summed E-state index contributed by atoms with van der Waals surface area (Å²) in [6.07, 6.45) is 4.12. The van der Waals surface area contributed by atoms with E-state index < -0.39 is 6.04 Å². The first-order valence-electron chi connectivity index (χ1n) is 11.4. The van der Waals surface area contributed by atoms with Crippen molar-refractivity contribution in [3.8, 4) is 17.6 Å². The lowest BCUT2D eigenvalue weighted by Gasteiger charge is -2.19. The van der Waals surface area contributed by atoms with Crippen LogP contribution in [0.15, 0.2) is 48.7 Å². The van der Waals surface area contributed by atoms with Gasteiger partial charge in [0, 0.05) is 29.1 Å². The van der Waals surface area contributed by atoms with Crippen molar-refractivity contribution in [3.05, 3.63) is 65.4 Å². The number of aromatic amines is 1. The van der Waals surface area contributed by atoms with Gasteiger partial charge in [0.15, 0.2) is 0 Å². The minimum absolute atomic E-state index is 0.0742. The second-order valence-electron chi connectivity index (χ2n) is 8.30. The zero-order chi connectivity index (χ0) is 23.6. The Bertz CT molecular complexity index is 1120. The topological polar surface area (TPSA) is 86.4 Å². The predicted octanol–water partition coefficient (Wildman–Crippen LogP) is 3.64. The molecule has 174 valence electrons. The maximum absolute atomic E-state index is 13.2. The van der Waals surface area contributed by atoms with Crippen molar-refractivity contribution in [3.63, 3.8) is 0 Å².